The minimum atomic E-state index is -1.60. The normalized spacial score (nSPS) is 23.6. The average molecular weight is 733 g/mol. The van der Waals surface area contributed by atoms with Crippen LogP contribution in [-0.2, 0) is 0 Å². The van der Waals surface area contributed by atoms with Gasteiger partial charge in [-0.2, -0.15) is 0 Å². The van der Waals surface area contributed by atoms with Crippen molar-refractivity contribution in [1.82, 2.24) is 0 Å². The molecule has 4 aromatic rings. The summed E-state index contributed by atoms with van der Waals surface area (Å²) in [6, 6.07) is 39.9. The van der Waals surface area contributed by atoms with Crippen LogP contribution in [0.15, 0.2) is 190 Å². The first-order chi connectivity index (χ1) is 24.2. The second-order valence-electron chi connectivity index (χ2n) is 12.6. The zero-order chi connectivity index (χ0) is 34.4. The van der Waals surface area contributed by atoms with E-state index >= 15 is 0 Å². The van der Waals surface area contributed by atoms with Gasteiger partial charge < -0.3 is 0 Å². The summed E-state index contributed by atoms with van der Waals surface area (Å²) < 4.78 is -2.93. The SMILES string of the molecule is ClC1(Cl)C=CC=CC1C1(C2(C3C=CC=CC3(Cl)Cl)N=C(c3ccccc3)C(c3ccccc3)=N2)N=C(c2ccccc2)C(c2ccccc2)=N1. The van der Waals surface area contributed by atoms with Gasteiger partial charge in [0.1, 0.15) is 8.67 Å². The molecule has 2 heterocycles. The third-order valence-electron chi connectivity index (χ3n) is 9.47. The highest BCUT2D eigenvalue weighted by Gasteiger charge is 2.70. The van der Waals surface area contributed by atoms with Crippen molar-refractivity contribution < 1.29 is 0 Å². The van der Waals surface area contributed by atoms with Crippen LogP contribution in [0.4, 0.5) is 0 Å². The van der Waals surface area contributed by atoms with Gasteiger partial charge in [0.15, 0.2) is 0 Å². The van der Waals surface area contributed by atoms with Gasteiger partial charge in [-0.1, -0.05) is 204 Å². The van der Waals surface area contributed by atoms with E-state index in [4.69, 9.17) is 66.4 Å². The zero-order valence-electron chi connectivity index (χ0n) is 26.6. The predicted molar refractivity (Wildman–Crippen MR) is 210 cm³/mol. The fraction of sp³-hybridized carbons (Fsp3) is 0.143. The summed E-state index contributed by atoms with van der Waals surface area (Å²) in [5.74, 6) is -1.54. The van der Waals surface area contributed by atoms with Crippen molar-refractivity contribution in [2.24, 2.45) is 31.8 Å². The summed E-state index contributed by atoms with van der Waals surface area (Å²) in [7, 11) is 0. The maximum Gasteiger partial charge on any atom is 0.206 e. The van der Waals surface area contributed by atoms with Crippen LogP contribution in [0, 0.1) is 11.8 Å². The van der Waals surface area contributed by atoms with Gasteiger partial charge in [0.05, 0.1) is 34.7 Å². The van der Waals surface area contributed by atoms with Gasteiger partial charge >= 0.3 is 0 Å². The van der Waals surface area contributed by atoms with Crippen LogP contribution in [0.2, 0.25) is 0 Å². The van der Waals surface area contributed by atoms with Crippen LogP contribution in [0.5, 0.6) is 0 Å². The molecule has 0 saturated heterocycles. The molecule has 8 heteroatoms. The molecule has 0 aromatic heterocycles. The lowest BCUT2D eigenvalue weighted by molar-refractivity contribution is 0.139. The van der Waals surface area contributed by atoms with Crippen molar-refractivity contribution in [3.05, 3.63) is 192 Å². The average Bonchev–Trinajstić information content (AvgIpc) is 3.75. The van der Waals surface area contributed by atoms with Crippen LogP contribution < -0.4 is 0 Å². The highest BCUT2D eigenvalue weighted by Crippen LogP contribution is 2.60. The van der Waals surface area contributed by atoms with Crippen molar-refractivity contribution in [1.29, 1.82) is 0 Å². The summed E-state index contributed by atoms with van der Waals surface area (Å²) in [4.78, 5) is 22.8. The molecule has 8 rings (SSSR count). The van der Waals surface area contributed by atoms with Gasteiger partial charge in [-0.25, -0.2) is 20.0 Å². The first-order valence-corrected chi connectivity index (χ1v) is 17.8. The van der Waals surface area contributed by atoms with Gasteiger partial charge in [0, 0.05) is 22.3 Å². The fourth-order valence-electron chi connectivity index (χ4n) is 7.18. The van der Waals surface area contributed by atoms with E-state index in [9.17, 15) is 0 Å². The van der Waals surface area contributed by atoms with E-state index in [-0.39, 0.29) is 0 Å². The maximum atomic E-state index is 7.35. The minimum absolute atomic E-state index is 0.660. The van der Waals surface area contributed by atoms with E-state index in [1.54, 1.807) is 12.2 Å². The molecule has 0 spiro atoms. The van der Waals surface area contributed by atoms with Crippen LogP contribution in [-0.4, -0.2) is 42.8 Å². The second kappa shape index (κ2) is 12.8. The van der Waals surface area contributed by atoms with E-state index in [1.807, 2.05) is 158 Å². The Hall–Kier alpha value is -4.32. The fourth-order valence-corrected chi connectivity index (χ4v) is 8.38. The number of rotatable bonds is 7. The molecule has 0 saturated carbocycles. The van der Waals surface area contributed by atoms with E-state index in [2.05, 4.69) is 0 Å². The number of aliphatic imine (C=N–C) groups is 4. The van der Waals surface area contributed by atoms with Gasteiger partial charge in [-0.05, 0) is 12.2 Å². The highest BCUT2D eigenvalue weighted by molar-refractivity contribution is 6.56. The van der Waals surface area contributed by atoms with Gasteiger partial charge in [-0.3, -0.25) is 0 Å². The molecule has 4 nitrogen and oxygen atoms in total. The van der Waals surface area contributed by atoms with Crippen molar-refractivity contribution in [2.75, 3.05) is 0 Å². The van der Waals surface area contributed by atoms with Gasteiger partial charge in [0.2, 0.25) is 11.3 Å². The van der Waals surface area contributed by atoms with Crippen molar-refractivity contribution in [3.8, 4) is 0 Å². The lowest BCUT2D eigenvalue weighted by Gasteiger charge is -2.50. The third kappa shape index (κ3) is 5.46. The molecule has 246 valence electrons. The molecule has 4 aliphatic rings. The molecule has 0 radical (unpaired) electrons. The summed E-state index contributed by atoms with van der Waals surface area (Å²) in [6.45, 7) is 0. The van der Waals surface area contributed by atoms with Crippen molar-refractivity contribution >= 4 is 69.3 Å². The summed E-state index contributed by atoms with van der Waals surface area (Å²) in [5, 5.41) is 0. The van der Waals surface area contributed by atoms with Crippen LogP contribution in [0.1, 0.15) is 22.3 Å². The lowest BCUT2D eigenvalue weighted by Crippen LogP contribution is -2.62. The van der Waals surface area contributed by atoms with E-state index in [1.165, 1.54) is 0 Å². The monoisotopic (exact) mass is 730 g/mol. The molecule has 4 aromatic carbocycles. The van der Waals surface area contributed by atoms with E-state index < -0.39 is 31.8 Å². The van der Waals surface area contributed by atoms with Crippen molar-refractivity contribution in [3.63, 3.8) is 0 Å². The largest absolute Gasteiger partial charge is 0.247 e. The van der Waals surface area contributed by atoms with Crippen molar-refractivity contribution in [2.45, 2.75) is 20.0 Å². The molecule has 2 aliphatic carbocycles. The first-order valence-electron chi connectivity index (χ1n) is 16.3. The van der Waals surface area contributed by atoms with Gasteiger partial charge in [-0.15, -0.1) is 0 Å². The Morgan fingerprint density at radius 2 is 0.620 bits per heavy atom. The van der Waals surface area contributed by atoms with E-state index in [0.717, 1.165) is 22.3 Å². The minimum Gasteiger partial charge on any atom is -0.247 e. The highest BCUT2D eigenvalue weighted by atomic mass is 35.5. The smallest absolute Gasteiger partial charge is 0.206 e. The Kier molecular flexibility index (Phi) is 8.40. The molecular formula is C42H30Cl4N4. The zero-order valence-corrected chi connectivity index (χ0v) is 29.6. The number of alkyl halides is 4. The predicted octanol–water partition coefficient (Wildman–Crippen LogP) is 10.2. The molecule has 0 bridgehead atoms. The summed E-state index contributed by atoms with van der Waals surface area (Å²) in [6.07, 6.45) is 14.9. The number of benzene rings is 4. The number of hydrogen-bond donors (Lipinski definition) is 0. The quantitative estimate of drug-likeness (QED) is 0.170. The molecular weight excluding hydrogens is 702 g/mol. The number of nitrogens with zero attached hydrogens (tertiary/aromatic N) is 4. The number of halogens is 4. The molecule has 2 aliphatic heterocycles. The van der Waals surface area contributed by atoms with Gasteiger partial charge in [0.25, 0.3) is 0 Å². The molecule has 0 N–H and O–H groups in total. The lowest BCUT2D eigenvalue weighted by atomic mass is 9.70. The Balaban J connectivity index is 1.54. The maximum absolute atomic E-state index is 7.35. The molecule has 2 unspecified atom stereocenters. The molecule has 0 fully saturated rings. The van der Waals surface area contributed by atoms with Crippen LogP contribution in [0.3, 0.4) is 0 Å². The Morgan fingerprint density at radius 3 is 0.860 bits per heavy atom. The Morgan fingerprint density at radius 1 is 0.360 bits per heavy atom. The standard InChI is InChI=1S/C42H30Cl4N4/c43-39(44)27-15-13-25-33(39)41(47-35(29-17-5-1-6-18-29)36(48-41)30-19-7-2-8-20-30)42(34-26-14-16-28-40(34,45)46)49-37(31-21-9-3-10-22-31)38(50-42)32-23-11-4-12-24-32/h1-28,33-34H. The molecule has 0 amide bonds. The topological polar surface area (TPSA) is 49.4 Å². The molecule has 50 heavy (non-hydrogen) atoms. The summed E-state index contributed by atoms with van der Waals surface area (Å²) in [5.41, 5.74) is 2.93. The summed E-state index contributed by atoms with van der Waals surface area (Å²) >= 11 is 29.4. The first kappa shape index (κ1) is 32.9. The Bertz CT molecular complexity index is 1900. The van der Waals surface area contributed by atoms with Crippen LogP contribution in [0.25, 0.3) is 0 Å². The van der Waals surface area contributed by atoms with Crippen LogP contribution >= 0.6 is 46.4 Å². The second-order valence-corrected chi connectivity index (χ2v) is 15.4. The molecule has 2 atom stereocenters. The third-order valence-corrected chi connectivity index (χ3v) is 10.9. The number of allylic oxidation sites excluding steroid dienone is 6. The van der Waals surface area contributed by atoms with E-state index in [0.29, 0.717) is 22.8 Å². The number of hydrogen-bond acceptors (Lipinski definition) is 4. The Labute approximate surface area is 311 Å².